The van der Waals surface area contributed by atoms with Crippen molar-refractivity contribution < 1.29 is 13.2 Å². The van der Waals surface area contributed by atoms with Crippen molar-refractivity contribution in [2.24, 2.45) is 11.8 Å². The first-order chi connectivity index (χ1) is 11.0. The fourth-order valence-electron chi connectivity index (χ4n) is 3.55. The van der Waals surface area contributed by atoms with Crippen LogP contribution in [0.4, 0.5) is 0 Å². The molecule has 2 saturated heterocycles. The molecule has 128 valence electrons. The van der Waals surface area contributed by atoms with Gasteiger partial charge in [0.2, 0.25) is 5.91 Å². The maximum Gasteiger partial charge on any atom is 0.252 e. The lowest BCUT2D eigenvalue weighted by molar-refractivity contribution is -0.138. The minimum Gasteiger partial charge on any atom is -0.342 e. The molecule has 0 aromatic carbocycles. The zero-order valence-corrected chi connectivity index (χ0v) is 15.1. The molecule has 0 bridgehead atoms. The summed E-state index contributed by atoms with van der Waals surface area (Å²) in [7, 11) is -3.45. The van der Waals surface area contributed by atoms with Crippen LogP contribution >= 0.6 is 11.3 Å². The van der Waals surface area contributed by atoms with Crippen LogP contribution in [0.25, 0.3) is 0 Å². The lowest BCUT2D eigenvalue weighted by atomic mass is 9.94. The van der Waals surface area contributed by atoms with E-state index in [1.165, 1.54) is 22.1 Å². The Morgan fingerprint density at radius 1 is 1.22 bits per heavy atom. The number of nitrogens with zero attached hydrogens (tertiary/aromatic N) is 2. The lowest BCUT2D eigenvalue weighted by Gasteiger charge is -2.37. The largest absolute Gasteiger partial charge is 0.342 e. The molecule has 1 aromatic rings. The number of likely N-dealkylation sites (tertiary alicyclic amines) is 1. The highest BCUT2D eigenvalue weighted by Gasteiger charge is 2.36. The van der Waals surface area contributed by atoms with Crippen molar-refractivity contribution in [3.8, 4) is 0 Å². The predicted molar refractivity (Wildman–Crippen MR) is 90.8 cm³/mol. The fraction of sp³-hybridized carbons (Fsp3) is 0.688. The molecule has 0 spiro atoms. The molecule has 2 atom stereocenters. The molecule has 0 radical (unpaired) electrons. The van der Waals surface area contributed by atoms with Crippen LogP contribution in [-0.2, 0) is 14.8 Å². The molecular formula is C16H24N2O3S2. The minimum absolute atomic E-state index is 0.141. The average molecular weight is 357 g/mol. The quantitative estimate of drug-likeness (QED) is 0.836. The molecule has 3 rings (SSSR count). The summed E-state index contributed by atoms with van der Waals surface area (Å²) in [6.45, 7) is 4.64. The number of carbonyl (C=O) groups excluding carboxylic acids is 1. The van der Waals surface area contributed by atoms with E-state index in [9.17, 15) is 13.2 Å². The second kappa shape index (κ2) is 6.91. The predicted octanol–water partition coefficient (Wildman–Crippen LogP) is 2.41. The van der Waals surface area contributed by atoms with Crippen LogP contribution in [-0.4, -0.2) is 49.7 Å². The first-order valence-corrected chi connectivity index (χ1v) is 10.6. The monoisotopic (exact) mass is 356 g/mol. The van der Waals surface area contributed by atoms with E-state index in [2.05, 4.69) is 6.92 Å². The molecule has 0 N–H and O–H groups in total. The van der Waals surface area contributed by atoms with E-state index >= 15 is 0 Å². The molecule has 1 aromatic heterocycles. The minimum atomic E-state index is -3.45. The number of hydrogen-bond donors (Lipinski definition) is 0. The molecular weight excluding hydrogens is 332 g/mol. The summed E-state index contributed by atoms with van der Waals surface area (Å²) in [5, 5.41) is 1.77. The number of piperidine rings is 2. The van der Waals surface area contributed by atoms with Gasteiger partial charge in [-0.05, 0) is 43.0 Å². The van der Waals surface area contributed by atoms with Crippen LogP contribution in [0.3, 0.4) is 0 Å². The normalized spacial score (nSPS) is 27.1. The van der Waals surface area contributed by atoms with Gasteiger partial charge in [-0.25, -0.2) is 8.42 Å². The maximum atomic E-state index is 12.8. The summed E-state index contributed by atoms with van der Waals surface area (Å²) in [6.07, 6.45) is 3.77. The smallest absolute Gasteiger partial charge is 0.252 e. The topological polar surface area (TPSA) is 57.7 Å². The van der Waals surface area contributed by atoms with E-state index in [-0.39, 0.29) is 11.8 Å². The fourth-order valence-corrected chi connectivity index (χ4v) is 6.22. The summed E-state index contributed by atoms with van der Waals surface area (Å²) < 4.78 is 27.2. The molecule has 0 aliphatic carbocycles. The van der Waals surface area contributed by atoms with Gasteiger partial charge < -0.3 is 4.90 Å². The van der Waals surface area contributed by atoms with Crippen LogP contribution in [0, 0.1) is 11.8 Å². The van der Waals surface area contributed by atoms with Gasteiger partial charge >= 0.3 is 0 Å². The third-order valence-electron chi connectivity index (χ3n) is 4.79. The Kier molecular flexibility index (Phi) is 5.08. The zero-order valence-electron chi connectivity index (χ0n) is 13.5. The van der Waals surface area contributed by atoms with E-state index in [0.29, 0.717) is 23.2 Å². The number of sulfonamides is 1. The molecule has 3 heterocycles. The van der Waals surface area contributed by atoms with E-state index in [1.54, 1.807) is 17.5 Å². The van der Waals surface area contributed by atoms with Crippen LogP contribution in [0.15, 0.2) is 21.7 Å². The van der Waals surface area contributed by atoms with Gasteiger partial charge in [0.1, 0.15) is 4.21 Å². The Balaban J connectivity index is 1.70. The molecule has 0 saturated carbocycles. The van der Waals surface area contributed by atoms with E-state index in [4.69, 9.17) is 0 Å². The van der Waals surface area contributed by atoms with E-state index in [0.717, 1.165) is 32.4 Å². The Bertz CT molecular complexity index is 642. The lowest BCUT2D eigenvalue weighted by Crippen LogP contribution is -2.48. The molecule has 2 aliphatic rings. The number of rotatable bonds is 3. The van der Waals surface area contributed by atoms with Crippen LogP contribution in [0.2, 0.25) is 0 Å². The van der Waals surface area contributed by atoms with Gasteiger partial charge in [0.25, 0.3) is 10.0 Å². The molecule has 5 nitrogen and oxygen atoms in total. The van der Waals surface area contributed by atoms with Gasteiger partial charge in [-0.15, -0.1) is 11.3 Å². The number of amides is 1. The van der Waals surface area contributed by atoms with E-state index < -0.39 is 10.0 Å². The number of carbonyl (C=O) groups is 1. The Labute approximate surface area is 142 Å². The summed E-state index contributed by atoms with van der Waals surface area (Å²) >= 11 is 1.24. The van der Waals surface area contributed by atoms with Gasteiger partial charge in [0.05, 0.1) is 5.92 Å². The summed E-state index contributed by atoms with van der Waals surface area (Å²) in [6, 6.07) is 3.39. The first kappa shape index (κ1) is 16.9. The average Bonchev–Trinajstić information content (AvgIpc) is 3.09. The second-order valence-corrected chi connectivity index (χ2v) is 9.78. The zero-order chi connectivity index (χ0) is 16.4. The third kappa shape index (κ3) is 3.61. The van der Waals surface area contributed by atoms with Crippen molar-refractivity contribution in [2.45, 2.75) is 36.8 Å². The van der Waals surface area contributed by atoms with Crippen molar-refractivity contribution in [1.82, 2.24) is 9.21 Å². The first-order valence-electron chi connectivity index (χ1n) is 8.31. The van der Waals surface area contributed by atoms with Gasteiger partial charge in [0, 0.05) is 26.2 Å². The number of thiophene rings is 1. The van der Waals surface area contributed by atoms with Crippen molar-refractivity contribution in [2.75, 3.05) is 26.2 Å². The SMILES string of the molecule is C[C@H]1CCCN(C(=O)[C@H]2CCCN(S(=O)(=O)c3cccs3)C2)C1. The van der Waals surface area contributed by atoms with E-state index in [1.807, 2.05) is 4.90 Å². The van der Waals surface area contributed by atoms with Crippen LogP contribution in [0.1, 0.15) is 32.6 Å². The van der Waals surface area contributed by atoms with Gasteiger partial charge in [-0.1, -0.05) is 13.0 Å². The summed E-state index contributed by atoms with van der Waals surface area (Å²) in [5.41, 5.74) is 0. The van der Waals surface area contributed by atoms with Crippen LogP contribution < -0.4 is 0 Å². The summed E-state index contributed by atoms with van der Waals surface area (Å²) in [5.74, 6) is 0.494. The van der Waals surface area contributed by atoms with Crippen molar-refractivity contribution in [1.29, 1.82) is 0 Å². The molecule has 7 heteroatoms. The molecule has 1 amide bonds. The maximum absolute atomic E-state index is 12.8. The highest BCUT2D eigenvalue weighted by atomic mass is 32.2. The summed E-state index contributed by atoms with van der Waals surface area (Å²) in [4.78, 5) is 14.7. The standard InChI is InChI=1S/C16H24N2O3S2/c1-13-5-2-8-17(11-13)16(19)14-6-3-9-18(12-14)23(20,21)15-7-4-10-22-15/h4,7,10,13-14H,2-3,5-6,8-9,11-12H2,1H3/t13-,14-/m0/s1. The van der Waals surface area contributed by atoms with Crippen LogP contribution in [0.5, 0.6) is 0 Å². The molecule has 0 unspecified atom stereocenters. The Morgan fingerprint density at radius 3 is 2.70 bits per heavy atom. The Hall–Kier alpha value is -0.920. The molecule has 23 heavy (non-hydrogen) atoms. The van der Waals surface area contributed by atoms with Crippen molar-refractivity contribution in [3.63, 3.8) is 0 Å². The van der Waals surface area contributed by atoms with Gasteiger partial charge in [-0.3, -0.25) is 4.79 Å². The molecule has 2 fully saturated rings. The highest BCUT2D eigenvalue weighted by molar-refractivity contribution is 7.91. The second-order valence-electron chi connectivity index (χ2n) is 6.67. The van der Waals surface area contributed by atoms with Crippen molar-refractivity contribution in [3.05, 3.63) is 17.5 Å². The van der Waals surface area contributed by atoms with Gasteiger partial charge in [-0.2, -0.15) is 4.31 Å². The third-order valence-corrected chi connectivity index (χ3v) is 8.03. The number of hydrogen-bond acceptors (Lipinski definition) is 4. The van der Waals surface area contributed by atoms with Crippen molar-refractivity contribution >= 4 is 27.3 Å². The Morgan fingerprint density at radius 2 is 2.00 bits per heavy atom. The highest BCUT2D eigenvalue weighted by Crippen LogP contribution is 2.28. The van der Waals surface area contributed by atoms with Gasteiger partial charge in [0.15, 0.2) is 0 Å². The molecule has 2 aliphatic heterocycles.